The highest BCUT2D eigenvalue weighted by Gasteiger charge is 2.59. The second-order valence-electron chi connectivity index (χ2n) is 8.87. The lowest BCUT2D eigenvalue weighted by atomic mass is 9.77. The van der Waals surface area contributed by atoms with Gasteiger partial charge in [0.1, 0.15) is 5.82 Å². The fraction of sp³-hybridized carbons (Fsp3) is 0.240. The molecule has 1 aliphatic heterocycles. The highest BCUT2D eigenvalue weighted by molar-refractivity contribution is 7.94. The topological polar surface area (TPSA) is 98.1 Å². The van der Waals surface area contributed by atoms with Crippen LogP contribution in [0.3, 0.4) is 0 Å². The summed E-state index contributed by atoms with van der Waals surface area (Å²) in [5.41, 5.74) is -3.99. The standard InChI is InChI=1S/C25H21ClF4N2O5S/c1-13(17-7-4-14(10-19(17)26)15-5-8-18(23(33)34)20(27)11-15)24(35,25(28,29)30)16-6-9-21-22(12-16)32(3)38(36,37)31(21)2/h4-13,35H,1-3H3,(H,33,34)/t13-,24-/m0/s1. The first-order valence-electron chi connectivity index (χ1n) is 11.0. The average molecular weight is 573 g/mol. The van der Waals surface area contributed by atoms with E-state index >= 15 is 0 Å². The highest BCUT2D eigenvalue weighted by Crippen LogP contribution is 2.52. The lowest BCUT2D eigenvalue weighted by Crippen LogP contribution is -2.46. The van der Waals surface area contributed by atoms with Crippen molar-refractivity contribution in [3.05, 3.63) is 82.1 Å². The number of hydrogen-bond acceptors (Lipinski definition) is 4. The van der Waals surface area contributed by atoms with Crippen molar-refractivity contribution in [2.45, 2.75) is 24.6 Å². The highest BCUT2D eigenvalue weighted by atomic mass is 35.5. The van der Waals surface area contributed by atoms with E-state index in [1.807, 2.05) is 0 Å². The first-order chi connectivity index (χ1) is 17.5. The number of aliphatic hydroxyl groups is 1. The van der Waals surface area contributed by atoms with E-state index in [1.165, 1.54) is 44.4 Å². The minimum Gasteiger partial charge on any atom is -0.478 e. The van der Waals surface area contributed by atoms with Crippen LogP contribution in [-0.2, 0) is 15.8 Å². The summed E-state index contributed by atoms with van der Waals surface area (Å²) in [4.78, 5) is 11.1. The number of aromatic carboxylic acids is 1. The predicted octanol–water partition coefficient (Wildman–Crippen LogP) is 5.53. The fourth-order valence-corrected chi connectivity index (χ4v) is 6.03. The summed E-state index contributed by atoms with van der Waals surface area (Å²) in [5.74, 6) is -4.11. The second kappa shape index (κ2) is 9.14. The number of halogens is 5. The van der Waals surface area contributed by atoms with Gasteiger partial charge < -0.3 is 10.2 Å². The van der Waals surface area contributed by atoms with Crippen molar-refractivity contribution in [1.29, 1.82) is 0 Å². The Balaban J connectivity index is 1.78. The lowest BCUT2D eigenvalue weighted by molar-refractivity contribution is -0.274. The van der Waals surface area contributed by atoms with Gasteiger partial charge in [-0.3, -0.25) is 8.61 Å². The smallest absolute Gasteiger partial charge is 0.422 e. The molecule has 2 N–H and O–H groups in total. The van der Waals surface area contributed by atoms with Gasteiger partial charge in [0.25, 0.3) is 0 Å². The van der Waals surface area contributed by atoms with Crippen molar-refractivity contribution in [1.82, 2.24) is 0 Å². The molecule has 38 heavy (non-hydrogen) atoms. The zero-order valence-corrected chi connectivity index (χ0v) is 21.7. The average Bonchev–Trinajstić information content (AvgIpc) is 3.01. The molecule has 0 aliphatic carbocycles. The Bertz CT molecular complexity index is 1560. The number of carboxylic acids is 1. The molecule has 0 saturated heterocycles. The van der Waals surface area contributed by atoms with E-state index in [0.717, 1.165) is 39.8 Å². The summed E-state index contributed by atoms with van der Waals surface area (Å²) in [6, 6.07) is 10.5. The maximum atomic E-state index is 14.5. The van der Waals surface area contributed by atoms with Crippen LogP contribution in [0.4, 0.5) is 28.9 Å². The van der Waals surface area contributed by atoms with E-state index in [2.05, 4.69) is 0 Å². The quantitative estimate of drug-likeness (QED) is 0.392. The minimum atomic E-state index is -5.19. The van der Waals surface area contributed by atoms with Crippen LogP contribution in [0.1, 0.15) is 34.3 Å². The Morgan fingerprint density at radius 3 is 2.08 bits per heavy atom. The summed E-state index contributed by atoms with van der Waals surface area (Å²) in [6.45, 7) is 1.13. The molecule has 3 aromatic carbocycles. The molecule has 0 fully saturated rings. The lowest BCUT2D eigenvalue weighted by Gasteiger charge is -2.37. The van der Waals surface area contributed by atoms with Crippen LogP contribution in [0.5, 0.6) is 0 Å². The molecule has 0 spiro atoms. The molecule has 0 saturated carbocycles. The van der Waals surface area contributed by atoms with Crippen molar-refractivity contribution >= 4 is 39.2 Å². The van der Waals surface area contributed by atoms with Gasteiger partial charge in [-0.05, 0) is 52.6 Å². The maximum Gasteiger partial charge on any atom is 0.422 e. The van der Waals surface area contributed by atoms with Gasteiger partial charge in [0.15, 0.2) is 5.60 Å². The molecular formula is C25H21ClF4N2O5S. The van der Waals surface area contributed by atoms with Crippen LogP contribution in [0.15, 0.2) is 54.6 Å². The molecule has 13 heteroatoms. The molecule has 0 amide bonds. The SMILES string of the molecule is C[C@@H](c1ccc(-c2ccc(C(=O)O)c(F)c2)cc1Cl)[C@](O)(c1ccc2c(c1)N(C)S(=O)(=O)N2C)C(F)(F)F. The monoisotopic (exact) mass is 572 g/mol. The van der Waals surface area contributed by atoms with Crippen molar-refractivity contribution < 1.29 is 41.0 Å². The third-order valence-electron chi connectivity index (χ3n) is 6.84. The molecule has 1 heterocycles. The number of fused-ring (bicyclic) bond motifs is 1. The molecule has 2 atom stereocenters. The molecular weight excluding hydrogens is 552 g/mol. The fourth-order valence-electron chi connectivity index (χ4n) is 4.52. The molecule has 0 bridgehead atoms. The summed E-state index contributed by atoms with van der Waals surface area (Å²) < 4.78 is 84.3. The number of benzene rings is 3. The Labute approximate surface area is 220 Å². The van der Waals surface area contributed by atoms with Crippen molar-refractivity contribution in [2.24, 2.45) is 0 Å². The number of anilines is 2. The van der Waals surface area contributed by atoms with Crippen LogP contribution in [0, 0.1) is 5.82 Å². The van der Waals surface area contributed by atoms with E-state index < -0.39 is 50.8 Å². The third kappa shape index (κ3) is 4.16. The largest absolute Gasteiger partial charge is 0.478 e. The van der Waals surface area contributed by atoms with Crippen molar-refractivity contribution in [2.75, 3.05) is 22.7 Å². The Morgan fingerprint density at radius 2 is 1.53 bits per heavy atom. The number of alkyl halides is 3. The summed E-state index contributed by atoms with van der Waals surface area (Å²) >= 11 is 6.35. The number of hydrogen-bond donors (Lipinski definition) is 2. The van der Waals surface area contributed by atoms with Crippen LogP contribution in [0.2, 0.25) is 5.02 Å². The van der Waals surface area contributed by atoms with Crippen LogP contribution < -0.4 is 8.61 Å². The van der Waals surface area contributed by atoms with Crippen molar-refractivity contribution in [3.8, 4) is 11.1 Å². The summed E-state index contributed by atoms with van der Waals surface area (Å²) in [5, 5.41) is 20.1. The number of carbonyl (C=O) groups is 1. The molecule has 3 aromatic rings. The number of carboxylic acid groups (broad SMARTS) is 1. The molecule has 7 nitrogen and oxygen atoms in total. The van der Waals surface area contributed by atoms with Gasteiger partial charge in [-0.25, -0.2) is 9.18 Å². The van der Waals surface area contributed by atoms with Crippen LogP contribution in [0.25, 0.3) is 11.1 Å². The van der Waals surface area contributed by atoms with Crippen LogP contribution in [-0.4, -0.2) is 44.9 Å². The van der Waals surface area contributed by atoms with E-state index in [4.69, 9.17) is 16.7 Å². The maximum absolute atomic E-state index is 14.5. The summed E-state index contributed by atoms with van der Waals surface area (Å²) in [7, 11) is -1.50. The van der Waals surface area contributed by atoms with Gasteiger partial charge in [-0.15, -0.1) is 0 Å². The first-order valence-corrected chi connectivity index (χ1v) is 12.8. The zero-order valence-electron chi connectivity index (χ0n) is 20.1. The van der Waals surface area contributed by atoms with E-state index in [9.17, 15) is 35.9 Å². The molecule has 4 rings (SSSR count). The second-order valence-corrected chi connectivity index (χ2v) is 11.3. The Kier molecular flexibility index (Phi) is 6.66. The van der Waals surface area contributed by atoms with Gasteiger partial charge in [-0.2, -0.15) is 21.6 Å². The molecule has 202 valence electrons. The van der Waals surface area contributed by atoms with Gasteiger partial charge in [0.2, 0.25) is 0 Å². The van der Waals surface area contributed by atoms with E-state index in [1.54, 1.807) is 0 Å². The van der Waals surface area contributed by atoms with E-state index in [-0.39, 0.29) is 27.5 Å². The summed E-state index contributed by atoms with van der Waals surface area (Å²) in [6.07, 6.45) is -5.19. The van der Waals surface area contributed by atoms with Gasteiger partial charge in [0, 0.05) is 25.0 Å². The van der Waals surface area contributed by atoms with E-state index in [0.29, 0.717) is 5.56 Å². The predicted molar refractivity (Wildman–Crippen MR) is 134 cm³/mol. The van der Waals surface area contributed by atoms with Crippen LogP contribution >= 0.6 is 11.6 Å². The molecule has 0 aromatic heterocycles. The molecule has 0 radical (unpaired) electrons. The number of nitrogens with zero attached hydrogens (tertiary/aromatic N) is 2. The number of rotatable bonds is 5. The normalized spacial score (nSPS) is 17.2. The Hall–Kier alpha value is -3.35. The van der Waals surface area contributed by atoms with Gasteiger partial charge in [0.05, 0.1) is 16.9 Å². The third-order valence-corrected chi connectivity index (χ3v) is 8.95. The first kappa shape index (κ1) is 27.7. The Morgan fingerprint density at radius 1 is 0.947 bits per heavy atom. The van der Waals surface area contributed by atoms with Gasteiger partial charge in [-0.1, -0.05) is 42.8 Å². The van der Waals surface area contributed by atoms with Gasteiger partial charge >= 0.3 is 22.4 Å². The minimum absolute atomic E-state index is 0.0341. The van der Waals surface area contributed by atoms with Crippen molar-refractivity contribution in [3.63, 3.8) is 0 Å². The molecule has 0 unspecified atom stereocenters. The molecule has 1 aliphatic rings. The zero-order chi connectivity index (χ0) is 28.4.